The number of halogens is 1. The molecule has 1 aromatic carbocycles. The lowest BCUT2D eigenvalue weighted by Gasteiger charge is -2.16. The van der Waals surface area contributed by atoms with E-state index in [0.717, 1.165) is 62.0 Å². The molecule has 1 unspecified atom stereocenters. The molecule has 1 atom stereocenters. The average molecular weight is 531 g/mol. The first-order valence-electron chi connectivity index (χ1n) is 11.8. The van der Waals surface area contributed by atoms with E-state index in [0.29, 0.717) is 30.5 Å². The molecule has 0 saturated carbocycles. The molecule has 2 aliphatic rings. The van der Waals surface area contributed by atoms with Crippen LogP contribution in [0.4, 0.5) is 27.9 Å². The van der Waals surface area contributed by atoms with E-state index >= 15 is 0 Å². The van der Waals surface area contributed by atoms with Gasteiger partial charge in [-0.25, -0.2) is 9.78 Å². The first-order valence-corrected chi connectivity index (χ1v) is 12.6. The normalized spacial score (nSPS) is 17.4. The van der Waals surface area contributed by atoms with Gasteiger partial charge in [0.2, 0.25) is 11.9 Å². The van der Waals surface area contributed by atoms with Crippen molar-refractivity contribution >= 4 is 51.0 Å². The van der Waals surface area contributed by atoms with Gasteiger partial charge in [0, 0.05) is 50.3 Å². The summed E-state index contributed by atoms with van der Waals surface area (Å²) in [6, 6.07) is 7.41. The zero-order valence-electron chi connectivity index (χ0n) is 19.1. The van der Waals surface area contributed by atoms with Crippen molar-refractivity contribution in [1.29, 1.82) is 0 Å². The standard InChI is InChI=1S/C23H31BrN8O2/c24-19-15-28-22(31-20(19)26-8-4-9-27-21(33)16-7-10-25-14-16)29-17-5-3-6-18(13-17)30-23(34)32-11-1-2-12-32/h3,5-6,13,15-16,25H,1-2,4,7-12,14H2,(H,27,33)(H,30,34)(H2,26,28,29,31). The smallest absolute Gasteiger partial charge is 0.321 e. The van der Waals surface area contributed by atoms with Crippen LogP contribution < -0.4 is 26.6 Å². The number of nitrogens with zero attached hydrogens (tertiary/aromatic N) is 3. The summed E-state index contributed by atoms with van der Waals surface area (Å²) in [5.74, 6) is 1.32. The Balaban J connectivity index is 1.26. The van der Waals surface area contributed by atoms with Gasteiger partial charge in [-0.1, -0.05) is 6.07 Å². The van der Waals surface area contributed by atoms with E-state index < -0.39 is 0 Å². The highest BCUT2D eigenvalue weighted by atomic mass is 79.9. The second kappa shape index (κ2) is 12.0. The molecule has 2 aromatic rings. The van der Waals surface area contributed by atoms with Crippen molar-refractivity contribution in [2.24, 2.45) is 5.92 Å². The van der Waals surface area contributed by atoms with Crippen LogP contribution in [0.2, 0.25) is 0 Å². The van der Waals surface area contributed by atoms with Gasteiger partial charge in [-0.2, -0.15) is 4.98 Å². The molecule has 1 aromatic heterocycles. The fourth-order valence-electron chi connectivity index (χ4n) is 4.01. The summed E-state index contributed by atoms with van der Waals surface area (Å²) in [4.78, 5) is 35.1. The quantitative estimate of drug-likeness (QED) is 0.315. The van der Waals surface area contributed by atoms with Gasteiger partial charge in [-0.05, 0) is 66.4 Å². The summed E-state index contributed by atoms with van der Waals surface area (Å²) in [6.45, 7) is 4.56. The molecule has 5 N–H and O–H groups in total. The minimum atomic E-state index is -0.0721. The van der Waals surface area contributed by atoms with Crippen LogP contribution in [-0.4, -0.2) is 66.1 Å². The van der Waals surface area contributed by atoms with Crippen LogP contribution in [0.15, 0.2) is 34.9 Å². The van der Waals surface area contributed by atoms with E-state index in [2.05, 4.69) is 52.5 Å². The molecule has 3 heterocycles. The lowest BCUT2D eigenvalue weighted by Crippen LogP contribution is -2.33. The molecular weight excluding hydrogens is 500 g/mol. The summed E-state index contributed by atoms with van der Waals surface area (Å²) in [7, 11) is 0. The van der Waals surface area contributed by atoms with Crippen LogP contribution in [0.1, 0.15) is 25.7 Å². The summed E-state index contributed by atoms with van der Waals surface area (Å²) in [5, 5.41) is 15.6. The van der Waals surface area contributed by atoms with Crippen LogP contribution in [-0.2, 0) is 4.79 Å². The number of amides is 3. The van der Waals surface area contributed by atoms with Crippen molar-refractivity contribution in [1.82, 2.24) is 25.5 Å². The third-order valence-electron chi connectivity index (χ3n) is 5.88. The summed E-state index contributed by atoms with van der Waals surface area (Å²) < 4.78 is 0.755. The molecule has 0 aliphatic carbocycles. The van der Waals surface area contributed by atoms with Crippen molar-refractivity contribution in [3.8, 4) is 0 Å². The van der Waals surface area contributed by atoms with Crippen molar-refractivity contribution in [2.75, 3.05) is 55.2 Å². The lowest BCUT2D eigenvalue weighted by atomic mass is 10.1. The SMILES string of the molecule is O=C(NCCCNc1nc(Nc2cccc(NC(=O)N3CCCC3)c2)ncc1Br)C1CCNC1. The van der Waals surface area contributed by atoms with E-state index in [9.17, 15) is 9.59 Å². The number of likely N-dealkylation sites (tertiary alicyclic amines) is 1. The van der Waals surface area contributed by atoms with Gasteiger partial charge in [-0.15, -0.1) is 0 Å². The maximum absolute atomic E-state index is 12.3. The van der Waals surface area contributed by atoms with E-state index in [1.807, 2.05) is 29.2 Å². The molecule has 4 rings (SSSR count). The topological polar surface area (TPSA) is 123 Å². The Kier molecular flexibility index (Phi) is 8.53. The molecule has 10 nitrogen and oxygen atoms in total. The fraction of sp³-hybridized carbons (Fsp3) is 0.478. The van der Waals surface area contributed by atoms with Crippen molar-refractivity contribution < 1.29 is 9.59 Å². The molecule has 11 heteroatoms. The molecule has 34 heavy (non-hydrogen) atoms. The van der Waals surface area contributed by atoms with Crippen molar-refractivity contribution in [2.45, 2.75) is 25.7 Å². The number of urea groups is 1. The number of benzene rings is 1. The third-order valence-corrected chi connectivity index (χ3v) is 6.46. The summed E-state index contributed by atoms with van der Waals surface area (Å²) in [5.41, 5.74) is 1.49. The largest absolute Gasteiger partial charge is 0.369 e. The maximum atomic E-state index is 12.3. The number of carbonyl (C=O) groups excluding carboxylic acids is 2. The summed E-state index contributed by atoms with van der Waals surface area (Å²) in [6.07, 6.45) is 5.48. The molecular formula is C23H31BrN8O2. The Bertz CT molecular complexity index is 993. The molecule has 2 saturated heterocycles. The zero-order valence-corrected chi connectivity index (χ0v) is 20.7. The molecule has 182 valence electrons. The molecule has 0 spiro atoms. The van der Waals surface area contributed by atoms with Gasteiger partial charge in [0.25, 0.3) is 0 Å². The Hall–Kier alpha value is -2.92. The predicted molar refractivity (Wildman–Crippen MR) is 136 cm³/mol. The third kappa shape index (κ3) is 6.80. The Morgan fingerprint density at radius 3 is 2.79 bits per heavy atom. The molecule has 3 amide bonds. The van der Waals surface area contributed by atoms with E-state index in [-0.39, 0.29) is 17.9 Å². The highest BCUT2D eigenvalue weighted by molar-refractivity contribution is 9.10. The lowest BCUT2D eigenvalue weighted by molar-refractivity contribution is -0.124. The van der Waals surface area contributed by atoms with Crippen LogP contribution in [0, 0.1) is 5.92 Å². The second-order valence-electron chi connectivity index (χ2n) is 8.48. The Morgan fingerprint density at radius 2 is 2.00 bits per heavy atom. The van der Waals surface area contributed by atoms with E-state index in [4.69, 9.17) is 0 Å². The summed E-state index contributed by atoms with van der Waals surface area (Å²) >= 11 is 3.48. The number of hydrogen-bond donors (Lipinski definition) is 5. The highest BCUT2D eigenvalue weighted by Gasteiger charge is 2.21. The van der Waals surface area contributed by atoms with Gasteiger partial charge in [0.1, 0.15) is 5.82 Å². The first-order chi connectivity index (χ1) is 16.6. The monoisotopic (exact) mass is 530 g/mol. The molecule has 2 fully saturated rings. The van der Waals surface area contributed by atoms with Gasteiger partial charge < -0.3 is 31.5 Å². The Labute approximate surface area is 207 Å². The first kappa shape index (κ1) is 24.2. The minimum Gasteiger partial charge on any atom is -0.369 e. The van der Waals surface area contributed by atoms with Gasteiger partial charge in [-0.3, -0.25) is 4.79 Å². The van der Waals surface area contributed by atoms with E-state index in [1.165, 1.54) is 0 Å². The Morgan fingerprint density at radius 1 is 1.18 bits per heavy atom. The highest BCUT2D eigenvalue weighted by Crippen LogP contribution is 2.23. The minimum absolute atomic E-state index is 0.0721. The van der Waals surface area contributed by atoms with Crippen LogP contribution in [0.25, 0.3) is 0 Å². The van der Waals surface area contributed by atoms with Crippen LogP contribution in [0.5, 0.6) is 0 Å². The number of rotatable bonds is 9. The molecule has 0 radical (unpaired) electrons. The van der Waals surface area contributed by atoms with Gasteiger partial charge >= 0.3 is 6.03 Å². The fourth-order valence-corrected chi connectivity index (χ4v) is 4.34. The van der Waals surface area contributed by atoms with Gasteiger partial charge in [0.15, 0.2) is 0 Å². The number of carbonyl (C=O) groups is 2. The zero-order chi connectivity index (χ0) is 23.8. The number of anilines is 4. The number of hydrogen-bond acceptors (Lipinski definition) is 7. The van der Waals surface area contributed by atoms with Crippen LogP contribution >= 0.6 is 15.9 Å². The average Bonchev–Trinajstić information content (AvgIpc) is 3.56. The number of aromatic nitrogens is 2. The van der Waals surface area contributed by atoms with Crippen molar-refractivity contribution in [3.63, 3.8) is 0 Å². The number of nitrogens with one attached hydrogen (secondary N) is 5. The molecule has 2 aliphatic heterocycles. The predicted octanol–water partition coefficient (Wildman–Crippen LogP) is 3.14. The van der Waals surface area contributed by atoms with Crippen LogP contribution in [0.3, 0.4) is 0 Å². The second-order valence-corrected chi connectivity index (χ2v) is 9.34. The molecule has 0 bridgehead atoms. The van der Waals surface area contributed by atoms with E-state index in [1.54, 1.807) is 6.20 Å². The van der Waals surface area contributed by atoms with Gasteiger partial charge in [0.05, 0.1) is 10.4 Å². The van der Waals surface area contributed by atoms with Crippen molar-refractivity contribution in [3.05, 3.63) is 34.9 Å². The maximum Gasteiger partial charge on any atom is 0.321 e.